The summed E-state index contributed by atoms with van der Waals surface area (Å²) in [6.45, 7) is 18.2. The first-order valence-corrected chi connectivity index (χ1v) is 43.6. The summed E-state index contributed by atoms with van der Waals surface area (Å²) in [5.41, 5.74) is 24.4. The summed E-state index contributed by atoms with van der Waals surface area (Å²) in [7, 11) is 3.20. The summed E-state index contributed by atoms with van der Waals surface area (Å²) in [6.07, 6.45) is 16.9. The molecule has 0 spiro atoms. The minimum Gasteiger partial charge on any atom is -0.459 e. The molecule has 1 saturated carbocycles. The van der Waals surface area contributed by atoms with Gasteiger partial charge in [-0.05, 0) is 157 Å². The molecule has 674 valence electrons. The quantitative estimate of drug-likeness (QED) is 0.00995. The number of methoxy groups -OCH3 is 2. The SMILES string of the molecule is CO[C@H]1C[C@@H]2CC[C@@H](C)[C@@](O)(O2)C(=O)C(=O)N2CCCC[C@H]2C(=O)O[C@H]([C@H](N)C[C@@H]2CC[C@@H](OCCCCc3cn(CCOCCOCCOCCOCCOCCOCCC(=O)N4CCC(Cn5nc(-c6ccc7oc(N)nc7c6)c6c(N)ncnc65)CC4)nn3)[C@H](OC)C2)CC(=O)[C@H](C)/C=C(\C)[C@@H](O)[C@@H](O)C(=O)[C@H](C)C[C@H](C)/C=C/C=C/C=C/1C. The summed E-state index contributed by atoms with van der Waals surface area (Å²) in [4.78, 5) is 101. The number of aliphatic hydroxyl groups excluding tert-OH is 2. The Morgan fingerprint density at radius 2 is 1.43 bits per heavy atom. The molecule has 34 nitrogen and oxygen atoms in total. The number of ether oxygens (including phenoxy) is 11. The molecule has 0 unspecified atom stereocenters. The number of hydrogen-bond donors (Lipinski definition) is 6. The second-order valence-corrected chi connectivity index (χ2v) is 33.3. The van der Waals surface area contributed by atoms with Gasteiger partial charge in [-0.2, -0.15) is 10.1 Å². The first kappa shape index (κ1) is 96.0. The third-order valence-electron chi connectivity index (χ3n) is 24.1. The van der Waals surface area contributed by atoms with Crippen molar-refractivity contribution in [2.45, 2.75) is 231 Å². The lowest BCUT2D eigenvalue weighted by Crippen LogP contribution is -2.61. The monoisotopic (exact) mass is 1710 g/mol. The van der Waals surface area contributed by atoms with Crippen molar-refractivity contribution in [1.29, 1.82) is 0 Å². The fraction of sp³-hybridized carbons (Fsp3) is 0.682. The number of unbranched alkanes of at least 4 members (excludes halogenated alkanes) is 1. The minimum absolute atomic E-state index is 0.0261. The van der Waals surface area contributed by atoms with Crippen LogP contribution in [0.5, 0.6) is 0 Å². The maximum atomic E-state index is 14.7. The van der Waals surface area contributed by atoms with Gasteiger partial charge in [0.2, 0.25) is 11.7 Å². The number of piperidine rings is 2. The highest BCUT2D eigenvalue weighted by Gasteiger charge is 2.53. The zero-order chi connectivity index (χ0) is 87.2. The summed E-state index contributed by atoms with van der Waals surface area (Å²) in [6, 6.07) is 3.51. The van der Waals surface area contributed by atoms with Crippen LogP contribution in [0.1, 0.15) is 156 Å². The Bertz CT molecular complexity index is 4290. The number of aliphatic hydroxyl groups is 3. The Hall–Kier alpha value is -8.20. The van der Waals surface area contributed by atoms with E-state index in [4.69, 9.17) is 78.8 Å². The normalized spacial score (nSPS) is 28.1. The molecule has 2 amide bonds. The standard InChI is InChI=1S/C88H131N13O21/c1-56-16-10-9-11-17-57(2)73(111-7)51-66-23-20-61(6)88(110,122-66)82(107)85(108)100-29-14-12-19-69(100)86(109)120-74(52-70(102)58(3)47-60(5)80(105)81(106)79(104)59(4)46-56)67(89)48-63-21-24-72(75(49-63)112-8)119-33-15-13-18-65-54-99(97-95-65)32-35-114-37-39-116-41-43-118-45-44-117-42-40-115-38-36-113-34-28-76(103)98-30-26-62(27-31-98)53-101-84-77(83(90)92-55-93-84)78(96-101)64-22-25-71-68(50-64)94-87(91)121-71/h9-11,16-17,22,25,47,50,54-56,58-59,61-63,66-67,69,72-75,80-81,105-106,110H,12-15,18-21,23-24,26-46,48-49,51-53,89H2,1-8H3,(H2,91,94)(H2,90,92,93)/b11-9+,16-10+,57-17+,60-47+/t56-,58-,59-,61-,63+,66+,67-,69+,72-,73+,74+,75-,80-,81+,88-/m1/s1. The van der Waals surface area contributed by atoms with Gasteiger partial charge in [-0.15, -0.1) is 5.10 Å². The molecule has 5 aromatic rings. The van der Waals surface area contributed by atoms with Crippen molar-refractivity contribution in [2.75, 3.05) is 131 Å². The van der Waals surface area contributed by atoms with Crippen LogP contribution in [-0.4, -0.2) is 280 Å². The molecule has 1 aliphatic carbocycles. The van der Waals surface area contributed by atoms with Crippen LogP contribution < -0.4 is 17.2 Å². The van der Waals surface area contributed by atoms with Crippen molar-refractivity contribution in [3.8, 4) is 11.3 Å². The number of likely N-dealkylation sites (tertiary alicyclic amines) is 1. The van der Waals surface area contributed by atoms with Gasteiger partial charge < -0.3 is 98.8 Å². The molecule has 34 heteroatoms. The number of aryl methyl sites for hydroxylation is 1. The molecular formula is C88H131N13O21. The van der Waals surface area contributed by atoms with Crippen LogP contribution in [-0.2, 0) is 100 Å². The Morgan fingerprint density at radius 1 is 0.730 bits per heavy atom. The zero-order valence-electron chi connectivity index (χ0n) is 72.4. The van der Waals surface area contributed by atoms with Crippen molar-refractivity contribution in [3.63, 3.8) is 0 Å². The number of anilines is 2. The molecule has 0 radical (unpaired) electrons. The van der Waals surface area contributed by atoms with Crippen LogP contribution >= 0.6 is 0 Å². The van der Waals surface area contributed by atoms with Crippen LogP contribution in [0.3, 0.4) is 0 Å². The number of Topliss-reactive ketones (excluding diaryl/α,β-unsaturated/α-hetero) is 3. The van der Waals surface area contributed by atoms with E-state index in [0.717, 1.165) is 47.4 Å². The number of oxazole rings is 1. The predicted molar refractivity (Wildman–Crippen MR) is 452 cm³/mol. The number of fused-ring (bicyclic) bond motifs is 5. The van der Waals surface area contributed by atoms with E-state index >= 15 is 0 Å². The molecule has 15 atom stereocenters. The largest absolute Gasteiger partial charge is 0.459 e. The molecule has 3 saturated heterocycles. The first-order valence-electron chi connectivity index (χ1n) is 43.6. The van der Waals surface area contributed by atoms with Crippen LogP contribution in [0, 0.1) is 35.5 Å². The van der Waals surface area contributed by atoms with E-state index in [9.17, 15) is 44.1 Å². The lowest BCUT2D eigenvalue weighted by Gasteiger charge is -2.42. The Labute approximate surface area is 714 Å². The Balaban J connectivity index is 0.569. The van der Waals surface area contributed by atoms with Crippen molar-refractivity contribution >= 4 is 69.1 Å². The third kappa shape index (κ3) is 27.6. The Morgan fingerprint density at radius 3 is 2.14 bits per heavy atom. The number of aromatic nitrogens is 8. The fourth-order valence-corrected chi connectivity index (χ4v) is 16.8. The predicted octanol–water partition coefficient (Wildman–Crippen LogP) is 7.40. The van der Waals surface area contributed by atoms with E-state index in [1.165, 1.54) is 19.3 Å². The van der Waals surface area contributed by atoms with Crippen LogP contribution in [0.2, 0.25) is 0 Å². The molecule has 4 aliphatic heterocycles. The Kier molecular flexibility index (Phi) is 38.0. The van der Waals surface area contributed by atoms with Gasteiger partial charge in [0.25, 0.3) is 17.7 Å². The van der Waals surface area contributed by atoms with E-state index in [0.29, 0.717) is 216 Å². The minimum atomic E-state index is -2.49. The average molecular weight is 1710 g/mol. The molecule has 4 aromatic heterocycles. The van der Waals surface area contributed by atoms with E-state index in [2.05, 4.69) is 25.3 Å². The number of rotatable bonds is 35. The molecule has 5 aliphatic rings. The number of hydrogen-bond acceptors (Lipinski definition) is 30. The summed E-state index contributed by atoms with van der Waals surface area (Å²) in [5, 5.41) is 48.9. The maximum Gasteiger partial charge on any atom is 0.329 e. The number of nitrogen functional groups attached to an aromatic ring is 2. The van der Waals surface area contributed by atoms with Gasteiger partial charge in [0.05, 0.1) is 128 Å². The number of nitrogens with zero attached hydrogens (tertiary/aromatic N) is 10. The van der Waals surface area contributed by atoms with Crippen molar-refractivity contribution < 1.29 is 101 Å². The van der Waals surface area contributed by atoms with Crippen LogP contribution in [0.15, 0.2) is 82.7 Å². The number of esters is 1. The van der Waals surface area contributed by atoms with Gasteiger partial charge >= 0.3 is 5.97 Å². The number of benzene rings is 1. The highest BCUT2D eigenvalue weighted by molar-refractivity contribution is 6.39. The molecule has 9 N–H and O–H groups in total. The molecular weight excluding hydrogens is 1580 g/mol. The van der Waals surface area contributed by atoms with Gasteiger partial charge in [-0.1, -0.05) is 69.4 Å². The zero-order valence-corrected chi connectivity index (χ0v) is 72.4. The fourth-order valence-electron chi connectivity index (χ4n) is 16.8. The summed E-state index contributed by atoms with van der Waals surface area (Å²) < 4.78 is 74.0. The number of ketones is 3. The maximum absolute atomic E-state index is 14.7. The molecule has 10 rings (SSSR count). The van der Waals surface area contributed by atoms with Crippen LogP contribution in [0.25, 0.3) is 33.4 Å². The molecule has 1 aromatic carbocycles. The van der Waals surface area contributed by atoms with Crippen molar-refractivity contribution in [2.24, 2.45) is 41.2 Å². The lowest BCUT2D eigenvalue weighted by molar-refractivity contribution is -0.265. The van der Waals surface area contributed by atoms with E-state index < -0.39 is 95.4 Å². The highest BCUT2D eigenvalue weighted by Crippen LogP contribution is 2.39. The molecule has 4 fully saturated rings. The summed E-state index contributed by atoms with van der Waals surface area (Å²) in [5.74, 6) is -8.20. The second-order valence-electron chi connectivity index (χ2n) is 33.3. The van der Waals surface area contributed by atoms with Gasteiger partial charge in [-0.3, -0.25) is 24.0 Å². The van der Waals surface area contributed by atoms with Gasteiger partial charge in [-0.25, -0.2) is 24.1 Å². The molecule has 8 heterocycles. The highest BCUT2D eigenvalue weighted by atomic mass is 16.6. The van der Waals surface area contributed by atoms with Gasteiger partial charge in [0.1, 0.15) is 53.5 Å². The van der Waals surface area contributed by atoms with E-state index in [-0.39, 0.29) is 73.3 Å². The van der Waals surface area contributed by atoms with E-state index in [1.54, 1.807) is 45.7 Å². The molecule has 2 bridgehead atoms. The van der Waals surface area contributed by atoms with Crippen molar-refractivity contribution in [1.82, 2.24) is 49.5 Å². The smallest absolute Gasteiger partial charge is 0.329 e. The number of nitrogens with two attached hydrogens (primary N) is 3. The number of amides is 2. The average Bonchev–Trinajstić information content (AvgIpc) is 1.72. The first-order chi connectivity index (χ1) is 58.8. The number of cyclic esters (lactones) is 1. The second kappa shape index (κ2) is 48.3. The summed E-state index contributed by atoms with van der Waals surface area (Å²) >= 11 is 0. The topological polar surface area (TPSA) is 450 Å². The lowest BCUT2D eigenvalue weighted by atomic mass is 9.80. The molecule has 122 heavy (non-hydrogen) atoms. The third-order valence-corrected chi connectivity index (χ3v) is 24.1. The number of allylic oxidation sites excluding steroid dienone is 6. The van der Waals surface area contributed by atoms with Gasteiger partial charge in [0, 0.05) is 95.4 Å². The van der Waals surface area contributed by atoms with E-state index in [1.807, 2.05) is 72.1 Å². The van der Waals surface area contributed by atoms with Crippen LogP contribution in [0.4, 0.5) is 11.8 Å². The number of carbonyl (C=O) groups is 6. The van der Waals surface area contributed by atoms with Gasteiger partial charge in [0.15, 0.2) is 17.0 Å². The van der Waals surface area contributed by atoms with Crippen molar-refractivity contribution in [3.05, 3.63) is 84.0 Å². The number of carbonyl (C=O) groups excluding carboxylic acids is 6.